The lowest BCUT2D eigenvalue weighted by atomic mass is 10.1. The summed E-state index contributed by atoms with van der Waals surface area (Å²) in [5.41, 5.74) is 6.87. The Hall–Kier alpha value is -1.55. The number of rotatable bonds is 9. The van der Waals surface area contributed by atoms with E-state index in [-0.39, 0.29) is 0 Å². The van der Waals surface area contributed by atoms with Crippen LogP contribution in [0.4, 0.5) is 0 Å². The van der Waals surface area contributed by atoms with Crippen molar-refractivity contribution in [2.45, 2.75) is 45.1 Å². The summed E-state index contributed by atoms with van der Waals surface area (Å²) in [7, 11) is 0. The fourth-order valence-corrected chi connectivity index (χ4v) is 1.98. The minimum atomic E-state index is -0.488. The highest BCUT2D eigenvalue weighted by Crippen LogP contribution is 2.03. The molecule has 0 radical (unpaired) electrons. The van der Waals surface area contributed by atoms with Crippen LogP contribution in [0, 0.1) is 0 Å². The van der Waals surface area contributed by atoms with Crippen LogP contribution in [0.3, 0.4) is 0 Å². The van der Waals surface area contributed by atoms with Crippen LogP contribution in [0.15, 0.2) is 35.3 Å². The zero-order chi connectivity index (χ0) is 14.6. The van der Waals surface area contributed by atoms with Crippen LogP contribution in [-0.2, 0) is 6.42 Å². The monoisotopic (exact) mass is 277 g/mol. The molecule has 1 atom stereocenters. The minimum absolute atomic E-state index is 0.336. The van der Waals surface area contributed by atoms with Gasteiger partial charge >= 0.3 is 0 Å². The van der Waals surface area contributed by atoms with E-state index in [0.29, 0.717) is 18.9 Å². The molecule has 0 spiro atoms. The van der Waals surface area contributed by atoms with Crippen LogP contribution in [0.5, 0.6) is 0 Å². The number of aliphatic hydroxyl groups excluding tert-OH is 1. The standard InChI is InChI=1S/C16H27N3O/c1-2-3-4-8-11-18-16(17)19-13-15(20)12-14-9-6-5-7-10-14/h5-7,9-10,15,20H,2-4,8,11-13H2,1H3,(H3,17,18,19). The van der Waals surface area contributed by atoms with Crippen molar-refractivity contribution in [3.63, 3.8) is 0 Å². The molecular formula is C16H27N3O. The fraction of sp³-hybridized carbons (Fsp3) is 0.562. The Kier molecular flexibility index (Phi) is 8.47. The van der Waals surface area contributed by atoms with E-state index in [1.54, 1.807) is 0 Å². The third kappa shape index (κ3) is 7.79. The summed E-state index contributed by atoms with van der Waals surface area (Å²) in [5, 5.41) is 13.0. The molecule has 0 saturated carbocycles. The molecule has 0 amide bonds. The first-order chi connectivity index (χ1) is 9.72. The van der Waals surface area contributed by atoms with Crippen molar-refractivity contribution in [1.29, 1.82) is 0 Å². The molecule has 0 aromatic heterocycles. The van der Waals surface area contributed by atoms with Crippen LogP contribution < -0.4 is 11.1 Å². The number of hydrogen-bond acceptors (Lipinski definition) is 2. The second-order valence-electron chi connectivity index (χ2n) is 5.06. The Morgan fingerprint density at radius 3 is 2.70 bits per heavy atom. The van der Waals surface area contributed by atoms with Crippen LogP contribution in [0.2, 0.25) is 0 Å². The van der Waals surface area contributed by atoms with Crippen LogP contribution in [0.1, 0.15) is 38.2 Å². The number of hydrogen-bond donors (Lipinski definition) is 3. The maximum absolute atomic E-state index is 9.90. The summed E-state index contributed by atoms with van der Waals surface area (Å²) in [6.07, 6.45) is 4.93. The number of guanidine groups is 1. The first kappa shape index (κ1) is 16.5. The van der Waals surface area contributed by atoms with E-state index in [1.165, 1.54) is 19.3 Å². The topological polar surface area (TPSA) is 70.6 Å². The molecule has 0 aliphatic heterocycles. The summed E-state index contributed by atoms with van der Waals surface area (Å²) < 4.78 is 0. The highest BCUT2D eigenvalue weighted by Gasteiger charge is 2.04. The van der Waals surface area contributed by atoms with E-state index in [0.717, 1.165) is 18.5 Å². The van der Waals surface area contributed by atoms with E-state index in [9.17, 15) is 5.11 Å². The largest absolute Gasteiger partial charge is 0.391 e. The lowest BCUT2D eigenvalue weighted by molar-refractivity contribution is 0.184. The van der Waals surface area contributed by atoms with Gasteiger partial charge in [0.2, 0.25) is 0 Å². The number of benzene rings is 1. The molecule has 0 saturated heterocycles. The molecule has 0 bridgehead atoms. The highest BCUT2D eigenvalue weighted by molar-refractivity contribution is 5.77. The van der Waals surface area contributed by atoms with Gasteiger partial charge in [-0.05, 0) is 12.0 Å². The lowest BCUT2D eigenvalue weighted by Crippen LogP contribution is -2.33. The first-order valence-corrected chi connectivity index (χ1v) is 7.48. The van der Waals surface area contributed by atoms with Crippen LogP contribution >= 0.6 is 0 Å². The summed E-state index contributed by atoms with van der Waals surface area (Å²) in [6.45, 7) is 3.38. The van der Waals surface area contributed by atoms with E-state index >= 15 is 0 Å². The Balaban J connectivity index is 2.18. The molecule has 4 nitrogen and oxygen atoms in total. The van der Waals surface area contributed by atoms with E-state index in [4.69, 9.17) is 5.73 Å². The molecule has 20 heavy (non-hydrogen) atoms. The Morgan fingerprint density at radius 1 is 1.25 bits per heavy atom. The molecule has 4 N–H and O–H groups in total. The molecule has 0 aliphatic rings. The smallest absolute Gasteiger partial charge is 0.188 e. The van der Waals surface area contributed by atoms with Crippen molar-refractivity contribution in [2.75, 3.05) is 13.1 Å². The normalized spacial score (nSPS) is 13.2. The van der Waals surface area contributed by atoms with Gasteiger partial charge in [0.25, 0.3) is 0 Å². The summed E-state index contributed by atoms with van der Waals surface area (Å²) >= 11 is 0. The SMILES string of the molecule is CCCCCCNC(N)=NCC(O)Cc1ccccc1. The maximum Gasteiger partial charge on any atom is 0.188 e. The molecule has 0 fully saturated rings. The predicted octanol–water partition coefficient (Wildman–Crippen LogP) is 2.07. The van der Waals surface area contributed by atoms with Gasteiger partial charge in [0.15, 0.2) is 5.96 Å². The van der Waals surface area contributed by atoms with Crippen molar-refractivity contribution in [3.8, 4) is 0 Å². The number of nitrogens with one attached hydrogen (secondary N) is 1. The summed E-state index contributed by atoms with van der Waals surface area (Å²) in [6, 6.07) is 9.91. The van der Waals surface area contributed by atoms with E-state index in [2.05, 4.69) is 17.2 Å². The Morgan fingerprint density at radius 2 is 2.00 bits per heavy atom. The number of nitrogens with zero attached hydrogens (tertiary/aromatic N) is 1. The summed E-state index contributed by atoms with van der Waals surface area (Å²) in [5.74, 6) is 0.425. The number of unbranched alkanes of at least 4 members (excludes halogenated alkanes) is 3. The van der Waals surface area contributed by atoms with Crippen molar-refractivity contribution in [2.24, 2.45) is 10.7 Å². The van der Waals surface area contributed by atoms with Crippen molar-refractivity contribution < 1.29 is 5.11 Å². The third-order valence-corrected chi connectivity index (χ3v) is 3.12. The third-order valence-electron chi connectivity index (χ3n) is 3.12. The molecule has 0 aliphatic carbocycles. The van der Waals surface area contributed by atoms with Gasteiger partial charge in [-0.25, -0.2) is 0 Å². The van der Waals surface area contributed by atoms with Gasteiger partial charge in [-0.3, -0.25) is 4.99 Å². The lowest BCUT2D eigenvalue weighted by Gasteiger charge is -2.09. The fourth-order valence-electron chi connectivity index (χ4n) is 1.98. The number of aliphatic imine (C=N–C) groups is 1. The van der Waals surface area contributed by atoms with Crippen molar-refractivity contribution in [1.82, 2.24) is 5.32 Å². The minimum Gasteiger partial charge on any atom is -0.391 e. The average molecular weight is 277 g/mol. The average Bonchev–Trinajstić information content (AvgIpc) is 2.46. The van der Waals surface area contributed by atoms with Crippen LogP contribution in [-0.4, -0.2) is 30.3 Å². The van der Waals surface area contributed by atoms with Gasteiger partial charge in [-0.1, -0.05) is 56.5 Å². The number of nitrogens with two attached hydrogens (primary N) is 1. The zero-order valence-electron chi connectivity index (χ0n) is 12.4. The Labute approximate surface area is 122 Å². The number of aliphatic hydroxyl groups is 1. The van der Waals surface area contributed by atoms with E-state index < -0.39 is 6.10 Å². The van der Waals surface area contributed by atoms with Crippen LogP contribution in [0.25, 0.3) is 0 Å². The molecule has 1 unspecified atom stereocenters. The predicted molar refractivity (Wildman–Crippen MR) is 84.8 cm³/mol. The van der Waals surface area contributed by atoms with Gasteiger partial charge in [0, 0.05) is 13.0 Å². The molecule has 1 aromatic carbocycles. The second kappa shape index (κ2) is 10.3. The molecule has 4 heteroatoms. The Bertz CT molecular complexity index is 379. The van der Waals surface area contributed by atoms with Crippen molar-refractivity contribution >= 4 is 5.96 Å². The molecule has 1 rings (SSSR count). The maximum atomic E-state index is 9.90. The quantitative estimate of drug-likeness (QED) is 0.368. The first-order valence-electron chi connectivity index (χ1n) is 7.48. The van der Waals surface area contributed by atoms with Gasteiger partial charge in [-0.2, -0.15) is 0 Å². The summed E-state index contributed by atoms with van der Waals surface area (Å²) in [4.78, 5) is 4.17. The van der Waals surface area contributed by atoms with Gasteiger partial charge in [-0.15, -0.1) is 0 Å². The molecule has 1 aromatic rings. The second-order valence-corrected chi connectivity index (χ2v) is 5.06. The van der Waals surface area contributed by atoms with Gasteiger partial charge in [0.05, 0.1) is 12.6 Å². The highest BCUT2D eigenvalue weighted by atomic mass is 16.3. The molecule has 0 heterocycles. The molecular weight excluding hydrogens is 250 g/mol. The van der Waals surface area contributed by atoms with Gasteiger partial charge < -0.3 is 16.2 Å². The van der Waals surface area contributed by atoms with Gasteiger partial charge in [0.1, 0.15) is 0 Å². The zero-order valence-corrected chi connectivity index (χ0v) is 12.4. The molecule has 112 valence electrons. The van der Waals surface area contributed by atoms with Crippen molar-refractivity contribution in [3.05, 3.63) is 35.9 Å². The van der Waals surface area contributed by atoms with E-state index in [1.807, 2.05) is 30.3 Å².